The van der Waals surface area contributed by atoms with Gasteiger partial charge in [-0.05, 0) is 29.2 Å². The van der Waals surface area contributed by atoms with Crippen molar-refractivity contribution < 1.29 is 14.3 Å². The molecule has 0 aliphatic carbocycles. The molecule has 30 heavy (non-hydrogen) atoms. The van der Waals surface area contributed by atoms with Crippen LogP contribution in [0.5, 0.6) is 0 Å². The fraction of sp³-hybridized carbons (Fsp3) is 0.500. The highest BCUT2D eigenvalue weighted by Crippen LogP contribution is 2.24. The van der Waals surface area contributed by atoms with E-state index < -0.39 is 0 Å². The maximum absolute atomic E-state index is 13.1. The first-order chi connectivity index (χ1) is 14.5. The van der Waals surface area contributed by atoms with E-state index in [1.54, 1.807) is 19.0 Å². The van der Waals surface area contributed by atoms with Crippen LogP contribution in [0.4, 0.5) is 4.79 Å². The number of urea groups is 1. The molecular formula is C24H31N3O3. The van der Waals surface area contributed by atoms with Gasteiger partial charge in [-0.1, -0.05) is 42.5 Å². The number of morpholine rings is 1. The Morgan fingerprint density at radius 3 is 2.50 bits per heavy atom. The highest BCUT2D eigenvalue weighted by Gasteiger charge is 2.33. The quantitative estimate of drug-likeness (QED) is 0.783. The smallest absolute Gasteiger partial charge is 0.319 e. The van der Waals surface area contributed by atoms with Crippen LogP contribution in [0.2, 0.25) is 0 Å². The first-order valence-corrected chi connectivity index (χ1v) is 10.9. The molecule has 2 heterocycles. The van der Waals surface area contributed by atoms with Gasteiger partial charge >= 0.3 is 6.03 Å². The van der Waals surface area contributed by atoms with Crippen molar-refractivity contribution in [1.82, 2.24) is 14.7 Å². The Kier molecular flexibility index (Phi) is 6.23. The molecule has 3 amide bonds. The molecule has 2 aliphatic rings. The van der Waals surface area contributed by atoms with Crippen molar-refractivity contribution in [3.8, 4) is 0 Å². The van der Waals surface area contributed by atoms with E-state index in [0.29, 0.717) is 32.8 Å². The number of carbonyl (C=O) groups excluding carboxylic acids is 2. The molecule has 0 bridgehead atoms. The van der Waals surface area contributed by atoms with Crippen molar-refractivity contribution >= 4 is 22.7 Å². The van der Waals surface area contributed by atoms with E-state index >= 15 is 0 Å². The van der Waals surface area contributed by atoms with E-state index in [2.05, 4.69) is 42.5 Å². The third kappa shape index (κ3) is 4.43. The number of piperidine rings is 1. The number of likely N-dealkylation sites (tertiary alicyclic amines) is 1. The Bertz CT molecular complexity index is 900. The summed E-state index contributed by atoms with van der Waals surface area (Å²) in [5.41, 5.74) is 1.27. The summed E-state index contributed by atoms with van der Waals surface area (Å²) in [4.78, 5) is 30.7. The van der Waals surface area contributed by atoms with Crippen molar-refractivity contribution in [2.24, 2.45) is 5.92 Å². The molecule has 2 aromatic carbocycles. The molecule has 2 fully saturated rings. The van der Waals surface area contributed by atoms with Gasteiger partial charge in [-0.25, -0.2) is 4.79 Å². The average molecular weight is 410 g/mol. The lowest BCUT2D eigenvalue weighted by Crippen LogP contribution is -2.51. The molecule has 2 aromatic rings. The molecule has 4 rings (SSSR count). The van der Waals surface area contributed by atoms with Gasteiger partial charge in [-0.15, -0.1) is 0 Å². The second kappa shape index (κ2) is 9.04. The highest BCUT2D eigenvalue weighted by molar-refractivity contribution is 5.85. The minimum absolute atomic E-state index is 0.00696. The van der Waals surface area contributed by atoms with Crippen LogP contribution in [0.3, 0.4) is 0 Å². The summed E-state index contributed by atoms with van der Waals surface area (Å²) in [6.07, 6.45) is 2.30. The van der Waals surface area contributed by atoms with E-state index in [1.165, 1.54) is 16.3 Å². The SMILES string of the molecule is CN(C)C(=O)N1CCC(C(=O)N2CCO[C@H](Cc3cccc4ccccc34)C2)CC1. The van der Waals surface area contributed by atoms with Crippen molar-refractivity contribution in [1.29, 1.82) is 0 Å². The van der Waals surface area contributed by atoms with Crippen LogP contribution in [0.1, 0.15) is 18.4 Å². The number of hydrogen-bond acceptors (Lipinski definition) is 3. The highest BCUT2D eigenvalue weighted by atomic mass is 16.5. The van der Waals surface area contributed by atoms with Crippen molar-refractivity contribution in [3.63, 3.8) is 0 Å². The predicted octanol–water partition coefficient (Wildman–Crippen LogP) is 3.00. The Morgan fingerprint density at radius 1 is 1.00 bits per heavy atom. The Labute approximate surface area is 178 Å². The number of carbonyl (C=O) groups is 2. The van der Waals surface area contributed by atoms with Crippen LogP contribution in [0.15, 0.2) is 42.5 Å². The fourth-order valence-corrected chi connectivity index (χ4v) is 4.62. The Morgan fingerprint density at radius 2 is 1.73 bits per heavy atom. The molecule has 0 radical (unpaired) electrons. The topological polar surface area (TPSA) is 53.1 Å². The number of fused-ring (bicyclic) bond motifs is 1. The largest absolute Gasteiger partial charge is 0.374 e. The van der Waals surface area contributed by atoms with Gasteiger partial charge in [0, 0.05) is 52.6 Å². The van der Waals surface area contributed by atoms with Crippen molar-refractivity contribution in [2.45, 2.75) is 25.4 Å². The zero-order chi connectivity index (χ0) is 21.1. The minimum atomic E-state index is 0.00696. The van der Waals surface area contributed by atoms with E-state index in [1.807, 2.05) is 9.80 Å². The van der Waals surface area contributed by atoms with Crippen LogP contribution < -0.4 is 0 Å². The zero-order valence-electron chi connectivity index (χ0n) is 17.9. The van der Waals surface area contributed by atoms with Crippen LogP contribution in [0, 0.1) is 5.92 Å². The van der Waals surface area contributed by atoms with Crippen LogP contribution in [-0.4, -0.2) is 79.6 Å². The second-order valence-electron chi connectivity index (χ2n) is 8.56. The summed E-state index contributed by atoms with van der Waals surface area (Å²) < 4.78 is 6.02. The molecule has 6 heteroatoms. The molecule has 0 spiro atoms. The first-order valence-electron chi connectivity index (χ1n) is 10.9. The second-order valence-corrected chi connectivity index (χ2v) is 8.56. The number of benzene rings is 2. The van der Waals surface area contributed by atoms with Crippen LogP contribution in [0.25, 0.3) is 10.8 Å². The summed E-state index contributed by atoms with van der Waals surface area (Å²) in [6, 6.07) is 14.8. The molecular weight excluding hydrogens is 378 g/mol. The number of hydrogen-bond donors (Lipinski definition) is 0. The number of ether oxygens (including phenoxy) is 1. The van der Waals surface area contributed by atoms with E-state index in [4.69, 9.17) is 4.74 Å². The molecule has 0 unspecified atom stereocenters. The molecule has 2 saturated heterocycles. The monoisotopic (exact) mass is 409 g/mol. The van der Waals surface area contributed by atoms with Gasteiger partial charge in [0.25, 0.3) is 0 Å². The van der Waals surface area contributed by atoms with Crippen LogP contribution in [-0.2, 0) is 16.0 Å². The zero-order valence-corrected chi connectivity index (χ0v) is 17.9. The minimum Gasteiger partial charge on any atom is -0.374 e. The third-order valence-corrected chi connectivity index (χ3v) is 6.28. The Hall–Kier alpha value is -2.60. The van der Waals surface area contributed by atoms with Gasteiger partial charge in [0.05, 0.1) is 12.7 Å². The normalized spacial score (nSPS) is 20.4. The molecule has 1 atom stereocenters. The molecule has 160 valence electrons. The van der Waals surface area contributed by atoms with Gasteiger partial charge < -0.3 is 19.4 Å². The van der Waals surface area contributed by atoms with Crippen LogP contribution >= 0.6 is 0 Å². The summed E-state index contributed by atoms with van der Waals surface area (Å²) in [6.45, 7) is 3.17. The van der Waals surface area contributed by atoms with Gasteiger partial charge in [-0.3, -0.25) is 4.79 Å². The first kappa shape index (κ1) is 20.7. The predicted molar refractivity (Wildman–Crippen MR) is 117 cm³/mol. The lowest BCUT2D eigenvalue weighted by molar-refractivity contribution is -0.144. The maximum atomic E-state index is 13.1. The maximum Gasteiger partial charge on any atom is 0.319 e. The number of amides is 3. The summed E-state index contributed by atoms with van der Waals surface area (Å²) >= 11 is 0. The van der Waals surface area contributed by atoms with E-state index in [0.717, 1.165) is 19.3 Å². The van der Waals surface area contributed by atoms with Crippen molar-refractivity contribution in [3.05, 3.63) is 48.0 Å². The molecule has 0 N–H and O–H groups in total. The number of rotatable bonds is 3. The lowest BCUT2D eigenvalue weighted by atomic mass is 9.94. The summed E-state index contributed by atoms with van der Waals surface area (Å²) in [5, 5.41) is 2.49. The van der Waals surface area contributed by atoms with Gasteiger partial charge in [0.1, 0.15) is 0 Å². The standard InChI is InChI=1S/C24H31N3O3/c1-25(2)24(29)26-12-10-19(11-13-26)23(28)27-14-15-30-21(17-27)16-20-8-5-7-18-6-3-4-9-22(18)20/h3-9,19,21H,10-17H2,1-2H3/t21-/m1/s1. The lowest BCUT2D eigenvalue weighted by Gasteiger charge is -2.38. The molecule has 0 saturated carbocycles. The molecule has 0 aromatic heterocycles. The third-order valence-electron chi connectivity index (χ3n) is 6.28. The Balaban J connectivity index is 1.36. The van der Waals surface area contributed by atoms with E-state index in [9.17, 15) is 9.59 Å². The van der Waals surface area contributed by atoms with E-state index in [-0.39, 0.29) is 24.0 Å². The summed E-state index contributed by atoms with van der Waals surface area (Å²) in [5.74, 6) is 0.227. The average Bonchev–Trinajstić information content (AvgIpc) is 2.78. The van der Waals surface area contributed by atoms with Crippen molar-refractivity contribution in [2.75, 3.05) is 46.9 Å². The molecule has 6 nitrogen and oxygen atoms in total. The van der Waals surface area contributed by atoms with Gasteiger partial charge in [0.15, 0.2) is 0 Å². The number of nitrogens with zero attached hydrogens (tertiary/aromatic N) is 3. The molecule has 2 aliphatic heterocycles. The fourth-order valence-electron chi connectivity index (χ4n) is 4.62. The van der Waals surface area contributed by atoms with Gasteiger partial charge in [0.2, 0.25) is 5.91 Å². The van der Waals surface area contributed by atoms with Gasteiger partial charge in [-0.2, -0.15) is 0 Å². The summed E-state index contributed by atoms with van der Waals surface area (Å²) in [7, 11) is 3.53.